The van der Waals surface area contributed by atoms with Gasteiger partial charge in [-0.15, -0.1) is 0 Å². The third kappa shape index (κ3) is 2.73. The maximum atomic E-state index is 3.79. The molecule has 2 saturated carbocycles. The topological polar surface area (TPSA) is 12.0 Å². The van der Waals surface area contributed by atoms with E-state index in [1.54, 1.807) is 0 Å². The predicted molar refractivity (Wildman–Crippen MR) is 61.3 cm³/mol. The zero-order valence-corrected chi connectivity index (χ0v) is 9.76. The molecule has 0 spiro atoms. The summed E-state index contributed by atoms with van der Waals surface area (Å²) in [5.41, 5.74) is 0. The van der Waals surface area contributed by atoms with E-state index in [1.165, 1.54) is 45.1 Å². The highest BCUT2D eigenvalue weighted by molar-refractivity contribution is 4.84. The molecule has 1 heteroatoms. The number of nitrogens with one attached hydrogen (secondary N) is 1. The van der Waals surface area contributed by atoms with E-state index in [2.05, 4.69) is 19.2 Å². The van der Waals surface area contributed by atoms with Gasteiger partial charge in [0.2, 0.25) is 0 Å². The van der Waals surface area contributed by atoms with Crippen molar-refractivity contribution in [3.8, 4) is 0 Å². The summed E-state index contributed by atoms with van der Waals surface area (Å²) >= 11 is 0. The summed E-state index contributed by atoms with van der Waals surface area (Å²) in [4.78, 5) is 0. The van der Waals surface area contributed by atoms with Crippen molar-refractivity contribution >= 4 is 0 Å². The van der Waals surface area contributed by atoms with E-state index in [1.807, 2.05) is 0 Å². The van der Waals surface area contributed by atoms with Crippen molar-refractivity contribution in [3.63, 3.8) is 0 Å². The van der Waals surface area contributed by atoms with Crippen LogP contribution in [-0.4, -0.2) is 12.6 Å². The molecule has 2 fully saturated rings. The lowest BCUT2D eigenvalue weighted by molar-refractivity contribution is 0.208. The Kier molecular flexibility index (Phi) is 3.48. The standard InChI is InChI=1S/C13H25N/c1-10-4-3-5-11(2)13(10)14-9-8-12-6-7-12/h10-14H,3-9H2,1-2H3. The minimum Gasteiger partial charge on any atom is -0.313 e. The molecule has 14 heavy (non-hydrogen) atoms. The number of hydrogen-bond donors (Lipinski definition) is 1. The lowest BCUT2D eigenvalue weighted by Gasteiger charge is -2.35. The second kappa shape index (κ2) is 4.65. The lowest BCUT2D eigenvalue weighted by Crippen LogP contribution is -2.43. The first-order valence-corrected chi connectivity index (χ1v) is 6.50. The van der Waals surface area contributed by atoms with Gasteiger partial charge < -0.3 is 5.32 Å². The summed E-state index contributed by atoms with van der Waals surface area (Å²) in [7, 11) is 0. The fourth-order valence-corrected chi connectivity index (χ4v) is 2.94. The molecule has 1 N–H and O–H groups in total. The molecule has 0 aromatic rings. The number of rotatable bonds is 4. The van der Waals surface area contributed by atoms with E-state index in [4.69, 9.17) is 0 Å². The SMILES string of the molecule is CC1CCCC(C)C1NCCC1CC1. The van der Waals surface area contributed by atoms with Gasteiger partial charge in [-0.25, -0.2) is 0 Å². The minimum absolute atomic E-state index is 0.808. The van der Waals surface area contributed by atoms with Gasteiger partial charge in [-0.1, -0.05) is 33.1 Å². The first-order chi connectivity index (χ1) is 6.77. The third-order valence-corrected chi connectivity index (χ3v) is 4.17. The summed E-state index contributed by atoms with van der Waals surface area (Å²) < 4.78 is 0. The van der Waals surface area contributed by atoms with E-state index in [0.29, 0.717) is 0 Å². The fraction of sp³-hybridized carbons (Fsp3) is 1.00. The molecule has 0 aromatic carbocycles. The van der Waals surface area contributed by atoms with Crippen LogP contribution in [0.3, 0.4) is 0 Å². The maximum Gasteiger partial charge on any atom is 0.0118 e. The van der Waals surface area contributed by atoms with Crippen molar-refractivity contribution < 1.29 is 0 Å². The van der Waals surface area contributed by atoms with Gasteiger partial charge in [0.25, 0.3) is 0 Å². The molecule has 1 nitrogen and oxygen atoms in total. The van der Waals surface area contributed by atoms with Crippen molar-refractivity contribution in [3.05, 3.63) is 0 Å². The molecule has 2 aliphatic carbocycles. The Bertz CT molecular complexity index is 164. The Morgan fingerprint density at radius 3 is 2.21 bits per heavy atom. The quantitative estimate of drug-likeness (QED) is 0.726. The molecular formula is C13H25N. The highest BCUT2D eigenvalue weighted by atomic mass is 14.9. The Morgan fingerprint density at radius 1 is 1.00 bits per heavy atom. The minimum atomic E-state index is 0.808. The summed E-state index contributed by atoms with van der Waals surface area (Å²) in [6.45, 7) is 6.11. The van der Waals surface area contributed by atoms with Crippen LogP contribution in [0.1, 0.15) is 52.4 Å². The van der Waals surface area contributed by atoms with Gasteiger partial charge in [0.15, 0.2) is 0 Å². The summed E-state index contributed by atoms with van der Waals surface area (Å²) in [6, 6.07) is 0.808. The predicted octanol–water partition coefficient (Wildman–Crippen LogP) is 3.20. The second-order valence-corrected chi connectivity index (χ2v) is 5.60. The van der Waals surface area contributed by atoms with Crippen LogP contribution < -0.4 is 5.32 Å². The monoisotopic (exact) mass is 195 g/mol. The molecule has 0 aromatic heterocycles. The summed E-state index contributed by atoms with van der Waals surface area (Å²) in [5.74, 6) is 2.88. The second-order valence-electron chi connectivity index (χ2n) is 5.60. The van der Waals surface area contributed by atoms with Gasteiger partial charge >= 0.3 is 0 Å². The van der Waals surface area contributed by atoms with E-state index >= 15 is 0 Å². The van der Waals surface area contributed by atoms with Crippen LogP contribution in [0.2, 0.25) is 0 Å². The van der Waals surface area contributed by atoms with E-state index in [0.717, 1.165) is 23.8 Å². The van der Waals surface area contributed by atoms with Crippen LogP contribution >= 0.6 is 0 Å². The zero-order valence-electron chi connectivity index (χ0n) is 9.76. The Morgan fingerprint density at radius 2 is 1.64 bits per heavy atom. The van der Waals surface area contributed by atoms with Crippen LogP contribution in [0.5, 0.6) is 0 Å². The Labute approximate surface area is 88.7 Å². The summed E-state index contributed by atoms with van der Waals surface area (Å²) in [6.07, 6.45) is 8.74. The molecular weight excluding hydrogens is 170 g/mol. The molecule has 0 aliphatic heterocycles. The highest BCUT2D eigenvalue weighted by Gasteiger charge is 2.27. The van der Waals surface area contributed by atoms with Crippen LogP contribution in [-0.2, 0) is 0 Å². The van der Waals surface area contributed by atoms with Crippen LogP contribution in [0.4, 0.5) is 0 Å². The largest absolute Gasteiger partial charge is 0.313 e. The maximum absolute atomic E-state index is 3.79. The van der Waals surface area contributed by atoms with Gasteiger partial charge in [-0.05, 0) is 43.6 Å². The van der Waals surface area contributed by atoms with Crippen molar-refractivity contribution in [2.24, 2.45) is 17.8 Å². The number of hydrogen-bond acceptors (Lipinski definition) is 1. The van der Waals surface area contributed by atoms with Gasteiger partial charge in [0, 0.05) is 6.04 Å². The molecule has 0 amide bonds. The Balaban J connectivity index is 1.69. The Hall–Kier alpha value is -0.0400. The first-order valence-electron chi connectivity index (χ1n) is 6.50. The molecule has 82 valence electrons. The molecule has 0 bridgehead atoms. The molecule has 2 unspecified atom stereocenters. The average Bonchev–Trinajstić information content (AvgIpc) is 2.94. The van der Waals surface area contributed by atoms with Crippen molar-refractivity contribution in [2.45, 2.75) is 58.4 Å². The van der Waals surface area contributed by atoms with Crippen molar-refractivity contribution in [2.75, 3.05) is 6.54 Å². The van der Waals surface area contributed by atoms with E-state index < -0.39 is 0 Å². The molecule has 0 saturated heterocycles. The molecule has 2 aliphatic rings. The first kappa shape index (κ1) is 10.5. The zero-order chi connectivity index (χ0) is 9.97. The van der Waals surface area contributed by atoms with E-state index in [9.17, 15) is 0 Å². The third-order valence-electron chi connectivity index (χ3n) is 4.17. The normalized spacial score (nSPS) is 38.6. The van der Waals surface area contributed by atoms with Crippen molar-refractivity contribution in [1.82, 2.24) is 5.32 Å². The van der Waals surface area contributed by atoms with Crippen molar-refractivity contribution in [1.29, 1.82) is 0 Å². The lowest BCUT2D eigenvalue weighted by atomic mass is 9.79. The highest BCUT2D eigenvalue weighted by Crippen LogP contribution is 2.33. The molecule has 0 heterocycles. The van der Waals surface area contributed by atoms with Crippen LogP contribution in [0.15, 0.2) is 0 Å². The van der Waals surface area contributed by atoms with Crippen LogP contribution in [0, 0.1) is 17.8 Å². The smallest absolute Gasteiger partial charge is 0.0118 e. The van der Waals surface area contributed by atoms with Gasteiger partial charge in [0.05, 0.1) is 0 Å². The van der Waals surface area contributed by atoms with E-state index in [-0.39, 0.29) is 0 Å². The average molecular weight is 195 g/mol. The summed E-state index contributed by atoms with van der Waals surface area (Å²) in [5, 5.41) is 3.79. The molecule has 0 radical (unpaired) electrons. The van der Waals surface area contributed by atoms with Crippen LogP contribution in [0.25, 0.3) is 0 Å². The van der Waals surface area contributed by atoms with Gasteiger partial charge in [-0.2, -0.15) is 0 Å². The fourth-order valence-electron chi connectivity index (χ4n) is 2.94. The van der Waals surface area contributed by atoms with Gasteiger partial charge in [0.1, 0.15) is 0 Å². The van der Waals surface area contributed by atoms with Gasteiger partial charge in [-0.3, -0.25) is 0 Å². The molecule has 2 atom stereocenters. The molecule has 2 rings (SSSR count).